The SMILES string of the molecule is O=C1Nc2ccc(F)cc2/C1=C\c1ccsc1. The number of hydrogen-bond acceptors (Lipinski definition) is 2. The van der Waals surface area contributed by atoms with E-state index in [0.717, 1.165) is 5.56 Å². The molecular weight excluding hydrogens is 237 g/mol. The van der Waals surface area contributed by atoms with Gasteiger partial charge in [0.1, 0.15) is 5.82 Å². The van der Waals surface area contributed by atoms with Crippen LogP contribution in [0.4, 0.5) is 10.1 Å². The Morgan fingerprint density at radius 3 is 2.94 bits per heavy atom. The molecule has 84 valence electrons. The monoisotopic (exact) mass is 245 g/mol. The lowest BCUT2D eigenvalue weighted by atomic mass is 10.1. The fourth-order valence-electron chi connectivity index (χ4n) is 1.83. The standard InChI is InChI=1S/C13H8FNOS/c14-9-1-2-12-10(6-9)11(13(16)15-12)5-8-3-4-17-7-8/h1-7H,(H,15,16)/b11-5+. The van der Waals surface area contributed by atoms with Crippen LogP contribution in [0.15, 0.2) is 35.0 Å². The van der Waals surface area contributed by atoms with E-state index in [9.17, 15) is 9.18 Å². The minimum atomic E-state index is -0.337. The lowest BCUT2D eigenvalue weighted by Crippen LogP contribution is -2.03. The molecule has 0 bridgehead atoms. The van der Waals surface area contributed by atoms with Crippen LogP contribution in [-0.2, 0) is 4.79 Å². The highest BCUT2D eigenvalue weighted by atomic mass is 32.1. The Morgan fingerprint density at radius 2 is 2.18 bits per heavy atom. The molecule has 0 unspecified atom stereocenters. The molecule has 3 rings (SSSR count). The first-order valence-electron chi connectivity index (χ1n) is 5.09. The minimum absolute atomic E-state index is 0.184. The highest BCUT2D eigenvalue weighted by Crippen LogP contribution is 2.33. The molecule has 0 radical (unpaired) electrons. The topological polar surface area (TPSA) is 29.1 Å². The van der Waals surface area contributed by atoms with Crippen LogP contribution in [0, 0.1) is 5.82 Å². The van der Waals surface area contributed by atoms with Gasteiger partial charge in [-0.25, -0.2) is 4.39 Å². The van der Waals surface area contributed by atoms with Crippen molar-refractivity contribution < 1.29 is 9.18 Å². The van der Waals surface area contributed by atoms with E-state index in [1.54, 1.807) is 23.5 Å². The molecule has 0 spiro atoms. The Kier molecular flexibility index (Phi) is 2.30. The molecule has 0 aliphatic carbocycles. The molecule has 2 aromatic rings. The summed E-state index contributed by atoms with van der Waals surface area (Å²) in [5.41, 5.74) is 2.76. The average molecular weight is 245 g/mol. The number of benzene rings is 1. The number of rotatable bonds is 1. The zero-order chi connectivity index (χ0) is 11.8. The number of nitrogens with one attached hydrogen (secondary N) is 1. The van der Waals surface area contributed by atoms with Crippen molar-refractivity contribution in [3.8, 4) is 0 Å². The van der Waals surface area contributed by atoms with Crippen molar-refractivity contribution >= 4 is 34.6 Å². The molecule has 1 aromatic heterocycles. The Morgan fingerprint density at radius 1 is 1.29 bits per heavy atom. The predicted octanol–water partition coefficient (Wildman–Crippen LogP) is 3.38. The number of halogens is 1. The summed E-state index contributed by atoms with van der Waals surface area (Å²) in [5.74, 6) is -0.520. The van der Waals surface area contributed by atoms with Crippen molar-refractivity contribution in [3.63, 3.8) is 0 Å². The van der Waals surface area contributed by atoms with Gasteiger partial charge in [0, 0.05) is 16.8 Å². The maximum absolute atomic E-state index is 13.2. The van der Waals surface area contributed by atoms with Gasteiger partial charge in [0.25, 0.3) is 5.91 Å². The smallest absolute Gasteiger partial charge is 0.256 e. The lowest BCUT2D eigenvalue weighted by molar-refractivity contribution is -0.110. The molecule has 1 aromatic carbocycles. The predicted molar refractivity (Wildman–Crippen MR) is 67.2 cm³/mol. The second kappa shape index (κ2) is 3.82. The molecule has 1 amide bonds. The summed E-state index contributed by atoms with van der Waals surface area (Å²) < 4.78 is 13.2. The van der Waals surface area contributed by atoms with E-state index >= 15 is 0 Å². The molecular formula is C13H8FNOS. The van der Waals surface area contributed by atoms with Gasteiger partial charge in [-0.2, -0.15) is 11.3 Å². The molecule has 0 saturated carbocycles. The van der Waals surface area contributed by atoms with E-state index in [4.69, 9.17) is 0 Å². The van der Waals surface area contributed by atoms with Gasteiger partial charge in [0.05, 0.1) is 0 Å². The second-order valence-corrected chi connectivity index (χ2v) is 4.54. The third-order valence-corrected chi connectivity index (χ3v) is 3.32. The van der Waals surface area contributed by atoms with Crippen LogP contribution in [0.3, 0.4) is 0 Å². The van der Waals surface area contributed by atoms with Gasteiger partial charge in [0.15, 0.2) is 0 Å². The average Bonchev–Trinajstić information content (AvgIpc) is 2.90. The quantitative estimate of drug-likeness (QED) is 0.767. The second-order valence-electron chi connectivity index (χ2n) is 3.76. The Balaban J connectivity index is 2.13. The molecule has 1 N–H and O–H groups in total. The first-order valence-corrected chi connectivity index (χ1v) is 6.03. The van der Waals surface area contributed by atoms with Crippen LogP contribution < -0.4 is 5.32 Å². The highest BCUT2D eigenvalue weighted by molar-refractivity contribution is 7.08. The van der Waals surface area contributed by atoms with E-state index in [-0.39, 0.29) is 11.7 Å². The van der Waals surface area contributed by atoms with Crippen molar-refractivity contribution in [2.75, 3.05) is 5.32 Å². The molecule has 2 heterocycles. The third-order valence-electron chi connectivity index (χ3n) is 2.62. The van der Waals surface area contributed by atoms with Crippen LogP contribution in [-0.4, -0.2) is 5.91 Å². The summed E-state index contributed by atoms with van der Waals surface area (Å²) in [5, 5.41) is 6.59. The van der Waals surface area contributed by atoms with Crippen LogP contribution in [0.25, 0.3) is 11.6 Å². The van der Waals surface area contributed by atoms with E-state index in [0.29, 0.717) is 16.8 Å². The fraction of sp³-hybridized carbons (Fsp3) is 0. The van der Waals surface area contributed by atoms with Gasteiger partial charge in [-0.1, -0.05) is 0 Å². The van der Waals surface area contributed by atoms with Crippen LogP contribution in [0.1, 0.15) is 11.1 Å². The number of anilines is 1. The summed E-state index contributed by atoms with van der Waals surface area (Å²) in [6.07, 6.45) is 1.77. The molecule has 0 saturated heterocycles. The third kappa shape index (κ3) is 1.76. The van der Waals surface area contributed by atoms with Crippen molar-refractivity contribution in [2.24, 2.45) is 0 Å². The van der Waals surface area contributed by atoms with E-state index < -0.39 is 0 Å². The number of hydrogen-bond donors (Lipinski definition) is 1. The van der Waals surface area contributed by atoms with Gasteiger partial charge in [0.2, 0.25) is 0 Å². The van der Waals surface area contributed by atoms with Crippen molar-refractivity contribution in [2.45, 2.75) is 0 Å². The summed E-state index contributed by atoms with van der Waals surface area (Å²) in [6, 6.07) is 6.22. The van der Waals surface area contributed by atoms with Crippen LogP contribution in [0.2, 0.25) is 0 Å². The normalized spacial score (nSPS) is 16.1. The first kappa shape index (κ1) is 10.2. The summed E-state index contributed by atoms with van der Waals surface area (Å²) in [7, 11) is 0. The van der Waals surface area contributed by atoms with E-state index in [2.05, 4.69) is 5.32 Å². The molecule has 17 heavy (non-hydrogen) atoms. The molecule has 4 heteroatoms. The number of carbonyl (C=O) groups is 1. The summed E-state index contributed by atoms with van der Waals surface area (Å²) in [4.78, 5) is 11.8. The highest BCUT2D eigenvalue weighted by Gasteiger charge is 2.24. The number of fused-ring (bicyclic) bond motifs is 1. The zero-order valence-corrected chi connectivity index (χ0v) is 9.55. The van der Waals surface area contributed by atoms with Gasteiger partial charge >= 0.3 is 0 Å². The van der Waals surface area contributed by atoms with Gasteiger partial charge in [-0.05, 0) is 46.7 Å². The summed E-state index contributed by atoms with van der Waals surface area (Å²) in [6.45, 7) is 0. The largest absolute Gasteiger partial charge is 0.321 e. The zero-order valence-electron chi connectivity index (χ0n) is 8.74. The summed E-state index contributed by atoms with van der Waals surface area (Å²) >= 11 is 1.56. The molecule has 0 atom stereocenters. The molecule has 1 aliphatic rings. The Hall–Kier alpha value is -1.94. The van der Waals surface area contributed by atoms with Gasteiger partial charge in [-0.15, -0.1) is 0 Å². The number of carbonyl (C=O) groups excluding carboxylic acids is 1. The molecule has 0 fully saturated rings. The molecule has 2 nitrogen and oxygen atoms in total. The first-order chi connectivity index (χ1) is 8.24. The van der Waals surface area contributed by atoms with E-state index in [1.807, 2.05) is 16.8 Å². The van der Waals surface area contributed by atoms with Crippen LogP contribution in [0.5, 0.6) is 0 Å². The van der Waals surface area contributed by atoms with Crippen LogP contribution >= 0.6 is 11.3 Å². The maximum Gasteiger partial charge on any atom is 0.256 e. The Bertz CT molecular complexity index is 616. The number of thiophene rings is 1. The van der Waals surface area contributed by atoms with Crippen molar-refractivity contribution in [1.29, 1.82) is 0 Å². The molecule has 1 aliphatic heterocycles. The van der Waals surface area contributed by atoms with Gasteiger partial charge in [-0.3, -0.25) is 4.79 Å². The fourth-order valence-corrected chi connectivity index (χ4v) is 2.45. The maximum atomic E-state index is 13.2. The lowest BCUT2D eigenvalue weighted by Gasteiger charge is -1.97. The minimum Gasteiger partial charge on any atom is -0.321 e. The Labute approximate surface area is 101 Å². The van der Waals surface area contributed by atoms with Crippen molar-refractivity contribution in [1.82, 2.24) is 0 Å². The van der Waals surface area contributed by atoms with E-state index in [1.165, 1.54) is 12.1 Å². The van der Waals surface area contributed by atoms with Gasteiger partial charge < -0.3 is 5.32 Å². The number of amides is 1. The van der Waals surface area contributed by atoms with Crippen molar-refractivity contribution in [3.05, 3.63) is 52.0 Å².